The largest absolute Gasteiger partial charge is 0.396 e. The van der Waals surface area contributed by atoms with Gasteiger partial charge >= 0.3 is 0 Å². The third-order valence-corrected chi connectivity index (χ3v) is 3.93. The van der Waals surface area contributed by atoms with Gasteiger partial charge in [0, 0.05) is 18.2 Å². The molecule has 110 valence electrons. The van der Waals surface area contributed by atoms with Crippen LogP contribution in [0.5, 0.6) is 0 Å². The molecule has 3 nitrogen and oxygen atoms in total. The Morgan fingerprint density at radius 2 is 2.00 bits per heavy atom. The predicted octanol–water partition coefficient (Wildman–Crippen LogP) is 2.87. The fourth-order valence-electron chi connectivity index (χ4n) is 2.64. The van der Waals surface area contributed by atoms with E-state index >= 15 is 0 Å². The molecule has 2 rings (SSSR count). The van der Waals surface area contributed by atoms with Crippen molar-refractivity contribution in [3.8, 4) is 0 Å². The summed E-state index contributed by atoms with van der Waals surface area (Å²) in [6, 6.07) is 7.90. The van der Waals surface area contributed by atoms with Gasteiger partial charge in [-0.2, -0.15) is 0 Å². The van der Waals surface area contributed by atoms with Crippen LogP contribution in [0.4, 0.5) is 0 Å². The molecule has 1 atom stereocenters. The summed E-state index contributed by atoms with van der Waals surface area (Å²) in [6.07, 6.45) is 2.96. The zero-order valence-electron chi connectivity index (χ0n) is 12.6. The minimum absolute atomic E-state index is 0.0131. The molecule has 0 aliphatic heterocycles. The number of benzene rings is 1. The van der Waals surface area contributed by atoms with Gasteiger partial charge < -0.3 is 10.4 Å². The molecule has 0 spiro atoms. The number of nitrogens with one attached hydrogen (secondary N) is 1. The molecule has 20 heavy (non-hydrogen) atoms. The Morgan fingerprint density at radius 1 is 1.35 bits per heavy atom. The molecule has 0 saturated heterocycles. The smallest absolute Gasteiger partial charge is 0.251 e. The summed E-state index contributed by atoms with van der Waals surface area (Å²) in [5.74, 6) is 0.536. The maximum absolute atomic E-state index is 12.5. The molecule has 1 aliphatic carbocycles. The van der Waals surface area contributed by atoms with Crippen LogP contribution >= 0.6 is 0 Å². The zero-order chi connectivity index (χ0) is 14.8. The van der Waals surface area contributed by atoms with E-state index in [-0.39, 0.29) is 24.0 Å². The van der Waals surface area contributed by atoms with E-state index in [0.717, 1.165) is 24.0 Å². The van der Waals surface area contributed by atoms with Crippen LogP contribution in [0.15, 0.2) is 24.3 Å². The van der Waals surface area contributed by atoms with Crippen molar-refractivity contribution in [1.29, 1.82) is 0 Å². The third-order valence-electron chi connectivity index (χ3n) is 3.93. The Hall–Kier alpha value is -1.35. The van der Waals surface area contributed by atoms with Crippen LogP contribution in [0.2, 0.25) is 0 Å². The molecule has 0 aromatic heterocycles. The first-order valence-electron chi connectivity index (χ1n) is 7.44. The molecule has 0 bridgehead atoms. The number of aliphatic hydroxyl groups excluding tert-OH is 1. The van der Waals surface area contributed by atoms with Crippen LogP contribution in [0.3, 0.4) is 0 Å². The topological polar surface area (TPSA) is 49.3 Å². The van der Waals surface area contributed by atoms with Gasteiger partial charge in [0.15, 0.2) is 0 Å². The first kappa shape index (κ1) is 15.0. The van der Waals surface area contributed by atoms with Crippen LogP contribution in [0.25, 0.3) is 0 Å². The Bertz CT molecular complexity index is 472. The number of carbonyl (C=O) groups excluding carboxylic acids is 1. The Kier molecular flexibility index (Phi) is 4.48. The van der Waals surface area contributed by atoms with Gasteiger partial charge in [0.25, 0.3) is 5.91 Å². The second-order valence-electron chi connectivity index (χ2n) is 6.73. The lowest BCUT2D eigenvalue weighted by Gasteiger charge is -2.24. The molecular weight excluding hydrogens is 250 g/mol. The van der Waals surface area contributed by atoms with E-state index in [4.69, 9.17) is 5.11 Å². The van der Waals surface area contributed by atoms with E-state index in [0.29, 0.717) is 12.3 Å². The van der Waals surface area contributed by atoms with Gasteiger partial charge in [-0.05, 0) is 42.2 Å². The molecule has 1 saturated carbocycles. The van der Waals surface area contributed by atoms with Gasteiger partial charge in [-0.25, -0.2) is 0 Å². The maximum Gasteiger partial charge on any atom is 0.251 e. The predicted molar refractivity (Wildman–Crippen MR) is 80.8 cm³/mol. The summed E-state index contributed by atoms with van der Waals surface area (Å²) in [5.41, 5.74) is 1.76. The van der Waals surface area contributed by atoms with Crippen molar-refractivity contribution in [2.45, 2.75) is 51.5 Å². The van der Waals surface area contributed by atoms with Crippen molar-refractivity contribution in [2.75, 3.05) is 6.61 Å². The highest BCUT2D eigenvalue weighted by Crippen LogP contribution is 2.34. The first-order chi connectivity index (χ1) is 9.43. The van der Waals surface area contributed by atoms with E-state index in [1.54, 1.807) is 0 Å². The Morgan fingerprint density at radius 3 is 2.55 bits per heavy atom. The fraction of sp³-hybridized carbons (Fsp3) is 0.588. The highest BCUT2D eigenvalue weighted by Gasteiger charge is 2.32. The maximum atomic E-state index is 12.5. The van der Waals surface area contributed by atoms with Crippen LogP contribution in [-0.2, 0) is 5.41 Å². The number of aliphatic hydroxyl groups is 1. The minimum Gasteiger partial charge on any atom is -0.396 e. The van der Waals surface area contributed by atoms with E-state index in [1.165, 1.54) is 0 Å². The van der Waals surface area contributed by atoms with Gasteiger partial charge in [-0.3, -0.25) is 4.79 Å². The summed E-state index contributed by atoms with van der Waals surface area (Å²) in [4.78, 5) is 12.5. The number of rotatable bonds is 5. The van der Waals surface area contributed by atoms with Gasteiger partial charge in [0.1, 0.15) is 0 Å². The van der Waals surface area contributed by atoms with Crippen molar-refractivity contribution in [2.24, 2.45) is 5.92 Å². The molecule has 2 N–H and O–H groups in total. The highest BCUT2D eigenvalue weighted by atomic mass is 16.3. The lowest BCUT2D eigenvalue weighted by atomic mass is 9.83. The Labute approximate surface area is 121 Å². The first-order valence-corrected chi connectivity index (χ1v) is 7.44. The number of hydrogen-bond donors (Lipinski definition) is 2. The number of hydrogen-bond acceptors (Lipinski definition) is 2. The minimum atomic E-state index is -0.0556. The second kappa shape index (κ2) is 5.96. The van der Waals surface area contributed by atoms with E-state index < -0.39 is 0 Å². The molecule has 0 radical (unpaired) electrons. The molecule has 1 fully saturated rings. The number of amides is 1. The molecule has 1 unspecified atom stereocenters. The van der Waals surface area contributed by atoms with Gasteiger partial charge in [0.2, 0.25) is 0 Å². The average molecular weight is 275 g/mol. The lowest BCUT2D eigenvalue weighted by molar-refractivity contribution is 0.0922. The Balaban J connectivity index is 2.16. The second-order valence-corrected chi connectivity index (χ2v) is 6.73. The van der Waals surface area contributed by atoms with Crippen LogP contribution in [0.1, 0.15) is 56.0 Å². The van der Waals surface area contributed by atoms with Crippen molar-refractivity contribution in [3.63, 3.8) is 0 Å². The standard InChI is InChI=1S/C17H25NO2/c1-17(2,3)14-7-5-4-6-13(14)16(20)18-15(10-11-19)12-8-9-12/h4-7,12,15,19H,8-11H2,1-3H3,(H,18,20). The summed E-state index contributed by atoms with van der Waals surface area (Å²) in [5, 5.41) is 12.2. The van der Waals surface area contributed by atoms with Gasteiger partial charge in [0.05, 0.1) is 0 Å². The van der Waals surface area contributed by atoms with Crippen LogP contribution < -0.4 is 5.32 Å². The highest BCUT2D eigenvalue weighted by molar-refractivity contribution is 5.96. The molecular formula is C17H25NO2. The normalized spacial score (nSPS) is 16.8. The average Bonchev–Trinajstić information content (AvgIpc) is 3.21. The quantitative estimate of drug-likeness (QED) is 0.868. The summed E-state index contributed by atoms with van der Waals surface area (Å²) >= 11 is 0. The summed E-state index contributed by atoms with van der Waals surface area (Å²) < 4.78 is 0. The SMILES string of the molecule is CC(C)(C)c1ccccc1C(=O)NC(CCO)C1CC1. The monoisotopic (exact) mass is 275 g/mol. The van der Waals surface area contributed by atoms with Crippen LogP contribution in [-0.4, -0.2) is 23.7 Å². The van der Waals surface area contributed by atoms with E-state index in [2.05, 4.69) is 26.1 Å². The van der Waals surface area contributed by atoms with E-state index in [9.17, 15) is 4.79 Å². The van der Waals surface area contributed by atoms with Gasteiger partial charge in [-0.1, -0.05) is 39.0 Å². The third kappa shape index (κ3) is 3.60. The van der Waals surface area contributed by atoms with Crippen molar-refractivity contribution in [3.05, 3.63) is 35.4 Å². The molecule has 0 heterocycles. The molecule has 1 amide bonds. The zero-order valence-corrected chi connectivity index (χ0v) is 12.6. The van der Waals surface area contributed by atoms with E-state index in [1.807, 2.05) is 24.3 Å². The molecule has 1 aliphatic rings. The molecule has 1 aromatic carbocycles. The van der Waals surface area contributed by atoms with Gasteiger partial charge in [-0.15, -0.1) is 0 Å². The summed E-state index contributed by atoms with van der Waals surface area (Å²) in [7, 11) is 0. The van der Waals surface area contributed by atoms with Crippen molar-refractivity contribution >= 4 is 5.91 Å². The van der Waals surface area contributed by atoms with Crippen LogP contribution in [0, 0.1) is 5.92 Å². The lowest BCUT2D eigenvalue weighted by Crippen LogP contribution is -2.38. The fourth-order valence-corrected chi connectivity index (χ4v) is 2.64. The molecule has 3 heteroatoms. The molecule has 1 aromatic rings. The van der Waals surface area contributed by atoms with Crippen molar-refractivity contribution < 1.29 is 9.90 Å². The van der Waals surface area contributed by atoms with Crippen molar-refractivity contribution in [1.82, 2.24) is 5.32 Å². The number of carbonyl (C=O) groups is 1. The summed E-state index contributed by atoms with van der Waals surface area (Å²) in [6.45, 7) is 6.48.